The number of nitrogens with zero attached hydrogens (tertiary/aromatic N) is 2. The average Bonchev–Trinajstić information content (AvgIpc) is 3.02. The molecule has 0 spiro atoms. The lowest BCUT2D eigenvalue weighted by Gasteiger charge is -2.14. The van der Waals surface area contributed by atoms with E-state index in [1.165, 1.54) is 16.7 Å². The second-order valence-electron chi connectivity index (χ2n) is 7.09. The maximum Gasteiger partial charge on any atom is 0.148 e. The van der Waals surface area contributed by atoms with Crippen molar-refractivity contribution in [3.63, 3.8) is 0 Å². The Morgan fingerprint density at radius 1 is 0.852 bits per heavy atom. The van der Waals surface area contributed by atoms with E-state index >= 15 is 0 Å². The number of imidazole rings is 1. The standard InChI is InChI=1S/C24H24N2O/c1-17-12-13-18(2)20(14-17)15-26-22-10-6-5-9-21(22)25-24(26)16-27-23-11-7-4-8-19(23)3/h4-14H,15-16H2,1-3H3. The van der Waals surface area contributed by atoms with Crippen molar-refractivity contribution < 1.29 is 4.74 Å². The molecule has 0 aliphatic heterocycles. The zero-order valence-electron chi connectivity index (χ0n) is 16.1. The van der Waals surface area contributed by atoms with Crippen LogP contribution in [0.25, 0.3) is 11.0 Å². The van der Waals surface area contributed by atoms with Gasteiger partial charge in [-0.05, 0) is 55.7 Å². The highest BCUT2D eigenvalue weighted by atomic mass is 16.5. The molecule has 1 heterocycles. The minimum atomic E-state index is 0.449. The Bertz CT molecular complexity index is 1090. The molecule has 0 N–H and O–H groups in total. The molecule has 0 unspecified atom stereocenters. The summed E-state index contributed by atoms with van der Waals surface area (Å²) in [5.41, 5.74) is 7.17. The summed E-state index contributed by atoms with van der Waals surface area (Å²) in [5, 5.41) is 0. The summed E-state index contributed by atoms with van der Waals surface area (Å²) in [5.74, 6) is 1.85. The van der Waals surface area contributed by atoms with Crippen LogP contribution in [0.1, 0.15) is 28.1 Å². The summed E-state index contributed by atoms with van der Waals surface area (Å²) in [6.07, 6.45) is 0. The minimum Gasteiger partial charge on any atom is -0.485 e. The zero-order chi connectivity index (χ0) is 18.8. The Hall–Kier alpha value is -3.07. The molecule has 0 amide bonds. The third kappa shape index (κ3) is 3.59. The molecule has 27 heavy (non-hydrogen) atoms. The fourth-order valence-corrected chi connectivity index (χ4v) is 3.41. The normalized spacial score (nSPS) is 11.1. The maximum atomic E-state index is 6.10. The first-order valence-corrected chi connectivity index (χ1v) is 9.30. The molecule has 0 fully saturated rings. The van der Waals surface area contributed by atoms with Crippen molar-refractivity contribution in [3.05, 3.63) is 94.8 Å². The van der Waals surface area contributed by atoms with Gasteiger partial charge < -0.3 is 9.30 Å². The number of benzene rings is 3. The van der Waals surface area contributed by atoms with E-state index < -0.39 is 0 Å². The predicted molar refractivity (Wildman–Crippen MR) is 110 cm³/mol. The predicted octanol–water partition coefficient (Wildman–Crippen LogP) is 5.59. The van der Waals surface area contributed by atoms with E-state index in [2.05, 4.69) is 67.8 Å². The summed E-state index contributed by atoms with van der Waals surface area (Å²) < 4.78 is 8.37. The Kier molecular flexibility index (Phi) is 4.68. The van der Waals surface area contributed by atoms with Gasteiger partial charge in [0, 0.05) is 6.54 Å². The second-order valence-corrected chi connectivity index (χ2v) is 7.09. The smallest absolute Gasteiger partial charge is 0.148 e. The molecule has 4 rings (SSSR count). The lowest BCUT2D eigenvalue weighted by atomic mass is 10.1. The van der Waals surface area contributed by atoms with Crippen molar-refractivity contribution in [2.45, 2.75) is 33.9 Å². The molecule has 0 aliphatic carbocycles. The van der Waals surface area contributed by atoms with Gasteiger partial charge in [-0.1, -0.05) is 54.1 Å². The van der Waals surface area contributed by atoms with Gasteiger partial charge in [0.1, 0.15) is 18.2 Å². The number of hydrogen-bond donors (Lipinski definition) is 0. The van der Waals surface area contributed by atoms with Crippen molar-refractivity contribution in [1.82, 2.24) is 9.55 Å². The minimum absolute atomic E-state index is 0.449. The Morgan fingerprint density at radius 2 is 1.63 bits per heavy atom. The number of hydrogen-bond acceptors (Lipinski definition) is 2. The summed E-state index contributed by atoms with van der Waals surface area (Å²) in [6, 6.07) is 23.0. The summed E-state index contributed by atoms with van der Waals surface area (Å²) in [6.45, 7) is 7.61. The molecule has 0 aliphatic rings. The van der Waals surface area contributed by atoms with Gasteiger partial charge in [0.2, 0.25) is 0 Å². The summed E-state index contributed by atoms with van der Waals surface area (Å²) >= 11 is 0. The largest absolute Gasteiger partial charge is 0.485 e. The van der Waals surface area contributed by atoms with Crippen molar-refractivity contribution in [1.29, 1.82) is 0 Å². The van der Waals surface area contributed by atoms with E-state index in [4.69, 9.17) is 9.72 Å². The number of para-hydroxylation sites is 3. The Morgan fingerprint density at radius 3 is 2.48 bits per heavy atom. The zero-order valence-corrected chi connectivity index (χ0v) is 16.1. The van der Waals surface area contributed by atoms with Gasteiger partial charge in [-0.15, -0.1) is 0 Å². The molecular weight excluding hydrogens is 332 g/mol. The highest BCUT2D eigenvalue weighted by Crippen LogP contribution is 2.23. The lowest BCUT2D eigenvalue weighted by Crippen LogP contribution is -2.09. The fraction of sp³-hybridized carbons (Fsp3) is 0.208. The van der Waals surface area contributed by atoms with Crippen LogP contribution in [0, 0.1) is 20.8 Å². The van der Waals surface area contributed by atoms with Gasteiger partial charge >= 0.3 is 0 Å². The SMILES string of the molecule is Cc1ccc(C)c(Cn2c(COc3ccccc3C)nc3ccccc32)c1. The van der Waals surface area contributed by atoms with Crippen LogP contribution in [0.2, 0.25) is 0 Å². The number of rotatable bonds is 5. The molecule has 3 aromatic carbocycles. The van der Waals surface area contributed by atoms with Gasteiger partial charge in [-0.2, -0.15) is 0 Å². The molecule has 0 saturated carbocycles. The van der Waals surface area contributed by atoms with E-state index in [0.29, 0.717) is 6.61 Å². The first-order valence-electron chi connectivity index (χ1n) is 9.30. The molecular formula is C24H24N2O. The monoisotopic (exact) mass is 356 g/mol. The molecule has 3 nitrogen and oxygen atoms in total. The molecule has 0 bridgehead atoms. The van der Waals surface area contributed by atoms with E-state index in [1.54, 1.807) is 0 Å². The fourth-order valence-electron chi connectivity index (χ4n) is 3.41. The number of ether oxygens (including phenoxy) is 1. The van der Waals surface area contributed by atoms with Crippen LogP contribution in [0.3, 0.4) is 0 Å². The first-order chi connectivity index (χ1) is 13.1. The molecule has 136 valence electrons. The highest BCUT2D eigenvalue weighted by Gasteiger charge is 2.13. The van der Waals surface area contributed by atoms with Crippen LogP contribution in [-0.4, -0.2) is 9.55 Å². The van der Waals surface area contributed by atoms with E-state index in [9.17, 15) is 0 Å². The molecule has 1 aromatic heterocycles. The summed E-state index contributed by atoms with van der Waals surface area (Å²) in [7, 11) is 0. The van der Waals surface area contributed by atoms with Crippen LogP contribution >= 0.6 is 0 Å². The molecule has 3 heteroatoms. The van der Waals surface area contributed by atoms with E-state index in [1.807, 2.05) is 24.3 Å². The van der Waals surface area contributed by atoms with Crippen LogP contribution in [0.5, 0.6) is 5.75 Å². The van der Waals surface area contributed by atoms with Crippen molar-refractivity contribution in [2.75, 3.05) is 0 Å². The number of aromatic nitrogens is 2. The van der Waals surface area contributed by atoms with Crippen molar-refractivity contribution in [2.24, 2.45) is 0 Å². The quantitative estimate of drug-likeness (QED) is 0.466. The third-order valence-electron chi connectivity index (χ3n) is 5.02. The Labute approximate surface area is 160 Å². The van der Waals surface area contributed by atoms with Crippen LogP contribution < -0.4 is 4.74 Å². The molecule has 0 atom stereocenters. The van der Waals surface area contributed by atoms with Crippen LogP contribution in [0.15, 0.2) is 66.7 Å². The first kappa shape index (κ1) is 17.3. The average molecular weight is 356 g/mol. The van der Waals surface area contributed by atoms with E-state index in [0.717, 1.165) is 34.7 Å². The highest BCUT2D eigenvalue weighted by molar-refractivity contribution is 5.76. The van der Waals surface area contributed by atoms with Gasteiger partial charge in [0.05, 0.1) is 11.0 Å². The number of aryl methyl sites for hydroxylation is 3. The third-order valence-corrected chi connectivity index (χ3v) is 5.02. The van der Waals surface area contributed by atoms with Gasteiger partial charge in [0.15, 0.2) is 0 Å². The lowest BCUT2D eigenvalue weighted by molar-refractivity contribution is 0.289. The maximum absolute atomic E-state index is 6.10. The number of fused-ring (bicyclic) bond motifs is 1. The summed E-state index contributed by atoms with van der Waals surface area (Å²) in [4.78, 5) is 4.84. The molecule has 0 saturated heterocycles. The second kappa shape index (κ2) is 7.28. The van der Waals surface area contributed by atoms with Crippen molar-refractivity contribution in [3.8, 4) is 5.75 Å². The van der Waals surface area contributed by atoms with Crippen LogP contribution in [0.4, 0.5) is 0 Å². The van der Waals surface area contributed by atoms with Crippen molar-refractivity contribution >= 4 is 11.0 Å². The van der Waals surface area contributed by atoms with Crippen LogP contribution in [-0.2, 0) is 13.2 Å². The van der Waals surface area contributed by atoms with E-state index in [-0.39, 0.29) is 0 Å². The molecule has 0 radical (unpaired) electrons. The van der Waals surface area contributed by atoms with Gasteiger partial charge in [0.25, 0.3) is 0 Å². The van der Waals surface area contributed by atoms with Gasteiger partial charge in [-0.3, -0.25) is 0 Å². The molecule has 4 aromatic rings. The van der Waals surface area contributed by atoms with Gasteiger partial charge in [-0.25, -0.2) is 4.98 Å². The Balaban J connectivity index is 1.71. The topological polar surface area (TPSA) is 27.1 Å².